The summed E-state index contributed by atoms with van der Waals surface area (Å²) < 4.78 is 1.45. The van der Waals surface area contributed by atoms with Crippen LogP contribution in [0.15, 0.2) is 12.4 Å². The molecule has 0 spiro atoms. The van der Waals surface area contributed by atoms with Crippen LogP contribution in [0.4, 0.5) is 5.69 Å². The summed E-state index contributed by atoms with van der Waals surface area (Å²) in [5, 5.41) is 9.16. The van der Waals surface area contributed by atoms with Crippen molar-refractivity contribution in [3.05, 3.63) is 12.4 Å². The Morgan fingerprint density at radius 1 is 1.53 bits per heavy atom. The van der Waals surface area contributed by atoms with E-state index in [0.717, 1.165) is 12.8 Å². The highest BCUT2D eigenvalue weighted by Crippen LogP contribution is 2.07. The normalized spacial score (nSPS) is 11.9. The molecule has 2 amide bonds. The molecule has 0 aliphatic rings. The summed E-state index contributed by atoms with van der Waals surface area (Å²) in [6, 6.07) is -0.512. The van der Waals surface area contributed by atoms with Crippen molar-refractivity contribution >= 4 is 17.5 Å². The lowest BCUT2D eigenvalue weighted by Gasteiger charge is -2.10. The van der Waals surface area contributed by atoms with Crippen LogP contribution in [-0.2, 0) is 16.1 Å². The maximum Gasteiger partial charge on any atom is 0.241 e. The van der Waals surface area contributed by atoms with Gasteiger partial charge >= 0.3 is 0 Å². The Hall–Kier alpha value is -1.89. The number of carbonyl (C=O) groups is 2. The van der Waals surface area contributed by atoms with Gasteiger partial charge in [-0.1, -0.05) is 19.8 Å². The first kappa shape index (κ1) is 15.2. The molecule has 0 saturated carbocycles. The van der Waals surface area contributed by atoms with Gasteiger partial charge in [0.05, 0.1) is 17.9 Å². The predicted molar refractivity (Wildman–Crippen MR) is 72.4 cm³/mol. The highest BCUT2D eigenvalue weighted by molar-refractivity contribution is 5.94. The van der Waals surface area contributed by atoms with Gasteiger partial charge in [-0.25, -0.2) is 0 Å². The van der Waals surface area contributed by atoms with Crippen molar-refractivity contribution in [2.24, 2.45) is 5.73 Å². The number of nitrogens with zero attached hydrogens (tertiary/aromatic N) is 2. The fourth-order valence-corrected chi connectivity index (χ4v) is 1.53. The standard InChI is InChI=1S/C12H21N5O2/c1-3-4-5-10(13)12(19)16-9-6-15-17(7-9)8-11(18)14-2/h6-7,10H,3-5,8,13H2,1-2H3,(H,14,18)(H,16,19). The molecule has 0 fully saturated rings. The number of nitrogens with two attached hydrogens (primary N) is 1. The van der Waals surface area contributed by atoms with Crippen LogP contribution >= 0.6 is 0 Å². The number of rotatable bonds is 7. The monoisotopic (exact) mass is 267 g/mol. The van der Waals surface area contributed by atoms with E-state index >= 15 is 0 Å². The zero-order chi connectivity index (χ0) is 14.3. The average Bonchev–Trinajstić information content (AvgIpc) is 2.82. The molecule has 0 aliphatic heterocycles. The maximum atomic E-state index is 11.8. The second-order valence-corrected chi connectivity index (χ2v) is 4.34. The first-order valence-electron chi connectivity index (χ1n) is 6.36. The largest absolute Gasteiger partial charge is 0.358 e. The molecule has 7 nitrogen and oxygen atoms in total. The van der Waals surface area contributed by atoms with Gasteiger partial charge in [0.15, 0.2) is 0 Å². The Bertz CT molecular complexity index is 430. The Labute approximate surface area is 112 Å². The SMILES string of the molecule is CCCCC(N)C(=O)Nc1cnn(CC(=O)NC)c1. The van der Waals surface area contributed by atoms with Crippen molar-refractivity contribution in [1.82, 2.24) is 15.1 Å². The van der Waals surface area contributed by atoms with Crippen molar-refractivity contribution in [3.63, 3.8) is 0 Å². The second-order valence-electron chi connectivity index (χ2n) is 4.34. The summed E-state index contributed by atoms with van der Waals surface area (Å²) in [7, 11) is 1.56. The molecule has 106 valence electrons. The summed E-state index contributed by atoms with van der Waals surface area (Å²) >= 11 is 0. The summed E-state index contributed by atoms with van der Waals surface area (Å²) in [6.45, 7) is 2.17. The van der Waals surface area contributed by atoms with Crippen molar-refractivity contribution < 1.29 is 9.59 Å². The van der Waals surface area contributed by atoms with Crippen LogP contribution in [0.3, 0.4) is 0 Å². The molecule has 1 rings (SSSR count). The minimum atomic E-state index is -0.512. The Kier molecular flexibility index (Phi) is 6.01. The first-order chi connectivity index (χ1) is 9.06. The molecule has 1 aromatic heterocycles. The topological polar surface area (TPSA) is 102 Å². The fourth-order valence-electron chi connectivity index (χ4n) is 1.53. The van der Waals surface area contributed by atoms with Gasteiger partial charge in [-0.3, -0.25) is 14.3 Å². The first-order valence-corrected chi connectivity index (χ1v) is 6.36. The van der Waals surface area contributed by atoms with Crippen molar-refractivity contribution in [2.75, 3.05) is 12.4 Å². The Morgan fingerprint density at radius 3 is 2.89 bits per heavy atom. The van der Waals surface area contributed by atoms with Gasteiger partial charge in [0.25, 0.3) is 0 Å². The summed E-state index contributed by atoms with van der Waals surface area (Å²) in [5.74, 6) is -0.381. The Balaban J connectivity index is 2.48. The van der Waals surface area contributed by atoms with E-state index in [1.54, 1.807) is 13.2 Å². The molecule has 1 unspecified atom stereocenters. The molecule has 7 heteroatoms. The average molecular weight is 267 g/mol. The van der Waals surface area contributed by atoms with E-state index in [4.69, 9.17) is 5.73 Å². The summed E-state index contributed by atoms with van der Waals surface area (Å²) in [6.07, 6.45) is 5.68. The minimum Gasteiger partial charge on any atom is -0.358 e. The lowest BCUT2D eigenvalue weighted by Crippen LogP contribution is -2.35. The molecular weight excluding hydrogens is 246 g/mol. The van der Waals surface area contributed by atoms with E-state index < -0.39 is 6.04 Å². The van der Waals surface area contributed by atoms with Gasteiger partial charge in [0, 0.05) is 13.2 Å². The highest BCUT2D eigenvalue weighted by Gasteiger charge is 2.13. The van der Waals surface area contributed by atoms with Gasteiger partial charge in [-0.15, -0.1) is 0 Å². The van der Waals surface area contributed by atoms with Crippen molar-refractivity contribution in [1.29, 1.82) is 0 Å². The molecular formula is C12H21N5O2. The third-order valence-corrected chi connectivity index (χ3v) is 2.69. The number of hydrogen-bond acceptors (Lipinski definition) is 4. The quantitative estimate of drug-likeness (QED) is 0.651. The number of anilines is 1. The number of nitrogens with one attached hydrogen (secondary N) is 2. The van der Waals surface area contributed by atoms with Crippen molar-refractivity contribution in [2.45, 2.75) is 38.8 Å². The summed E-state index contributed by atoms with van der Waals surface area (Å²) in [4.78, 5) is 22.9. The molecule has 1 aromatic rings. The number of likely N-dealkylation sites (N-methyl/N-ethyl adjacent to an activating group) is 1. The molecule has 0 aromatic carbocycles. The van der Waals surface area contributed by atoms with Gasteiger partial charge in [-0.2, -0.15) is 5.10 Å². The zero-order valence-electron chi connectivity index (χ0n) is 11.3. The van der Waals surface area contributed by atoms with Gasteiger partial charge in [0.1, 0.15) is 6.54 Å². The maximum absolute atomic E-state index is 11.8. The molecule has 0 aliphatic carbocycles. The van der Waals surface area contributed by atoms with Crippen LogP contribution in [0.1, 0.15) is 26.2 Å². The number of unbranched alkanes of at least 4 members (excludes halogenated alkanes) is 1. The van der Waals surface area contributed by atoms with E-state index in [-0.39, 0.29) is 18.4 Å². The van der Waals surface area contributed by atoms with Gasteiger partial charge < -0.3 is 16.4 Å². The van der Waals surface area contributed by atoms with Gasteiger partial charge in [-0.05, 0) is 6.42 Å². The second kappa shape index (κ2) is 7.52. The molecule has 1 heterocycles. The van der Waals surface area contributed by atoms with Crippen LogP contribution in [0.25, 0.3) is 0 Å². The number of carbonyl (C=O) groups excluding carboxylic acids is 2. The predicted octanol–water partition coefficient (Wildman–Crippen LogP) is 0.0851. The zero-order valence-corrected chi connectivity index (χ0v) is 11.3. The minimum absolute atomic E-state index is 0.119. The third-order valence-electron chi connectivity index (χ3n) is 2.69. The van der Waals surface area contributed by atoms with E-state index in [2.05, 4.69) is 15.7 Å². The number of amides is 2. The van der Waals surface area contributed by atoms with Crippen LogP contribution in [-0.4, -0.2) is 34.7 Å². The number of aromatic nitrogens is 2. The molecule has 0 saturated heterocycles. The van der Waals surface area contributed by atoms with Crippen LogP contribution in [0, 0.1) is 0 Å². The van der Waals surface area contributed by atoms with Crippen LogP contribution in [0.5, 0.6) is 0 Å². The molecule has 0 bridgehead atoms. The smallest absolute Gasteiger partial charge is 0.241 e. The fraction of sp³-hybridized carbons (Fsp3) is 0.583. The molecule has 19 heavy (non-hydrogen) atoms. The van der Waals surface area contributed by atoms with Crippen LogP contribution in [0.2, 0.25) is 0 Å². The van der Waals surface area contributed by atoms with Crippen molar-refractivity contribution in [3.8, 4) is 0 Å². The van der Waals surface area contributed by atoms with E-state index in [0.29, 0.717) is 12.1 Å². The van der Waals surface area contributed by atoms with Crippen LogP contribution < -0.4 is 16.4 Å². The molecule has 1 atom stereocenters. The molecule has 4 N–H and O–H groups in total. The van der Waals surface area contributed by atoms with E-state index in [1.165, 1.54) is 10.9 Å². The lowest BCUT2D eigenvalue weighted by molar-refractivity contribution is -0.121. The molecule has 0 radical (unpaired) electrons. The van der Waals surface area contributed by atoms with E-state index in [9.17, 15) is 9.59 Å². The van der Waals surface area contributed by atoms with E-state index in [1.807, 2.05) is 6.92 Å². The third kappa shape index (κ3) is 5.09. The summed E-state index contributed by atoms with van der Waals surface area (Å²) in [5.41, 5.74) is 6.30. The highest BCUT2D eigenvalue weighted by atomic mass is 16.2. The lowest BCUT2D eigenvalue weighted by atomic mass is 10.1. The Morgan fingerprint density at radius 2 is 2.26 bits per heavy atom. The number of hydrogen-bond donors (Lipinski definition) is 3. The van der Waals surface area contributed by atoms with Gasteiger partial charge in [0.2, 0.25) is 11.8 Å².